The monoisotopic (exact) mass is 229 g/mol. The maximum Gasteiger partial charge on any atom is 0.0349 e. The summed E-state index contributed by atoms with van der Waals surface area (Å²) in [6.07, 6.45) is 0. The number of rotatable bonds is 0. The fourth-order valence-corrected chi connectivity index (χ4v) is 1.24. The SMILES string of the molecule is Br.Cc1cc(N)c(C)c(C)c1C. The highest BCUT2D eigenvalue weighted by Gasteiger charge is 2.02. The van der Waals surface area contributed by atoms with Crippen LogP contribution >= 0.6 is 17.0 Å². The molecule has 2 heteroatoms. The van der Waals surface area contributed by atoms with E-state index in [0.29, 0.717) is 0 Å². The van der Waals surface area contributed by atoms with Crippen LogP contribution in [-0.2, 0) is 0 Å². The summed E-state index contributed by atoms with van der Waals surface area (Å²) < 4.78 is 0. The second-order valence-electron chi connectivity index (χ2n) is 3.16. The van der Waals surface area contributed by atoms with Crippen LogP contribution in [0.5, 0.6) is 0 Å². The van der Waals surface area contributed by atoms with Gasteiger partial charge in [-0.15, -0.1) is 17.0 Å². The van der Waals surface area contributed by atoms with Gasteiger partial charge >= 0.3 is 0 Å². The van der Waals surface area contributed by atoms with Gasteiger partial charge in [0.2, 0.25) is 0 Å². The molecular formula is C10H16BrN. The van der Waals surface area contributed by atoms with E-state index < -0.39 is 0 Å². The lowest BCUT2D eigenvalue weighted by Gasteiger charge is -2.10. The first-order valence-corrected chi connectivity index (χ1v) is 3.87. The van der Waals surface area contributed by atoms with Crippen molar-refractivity contribution in [2.75, 3.05) is 5.73 Å². The Morgan fingerprint density at radius 2 is 1.42 bits per heavy atom. The Bertz CT molecular complexity index is 266. The van der Waals surface area contributed by atoms with Gasteiger partial charge in [-0.1, -0.05) is 0 Å². The second-order valence-corrected chi connectivity index (χ2v) is 3.16. The quantitative estimate of drug-likeness (QED) is 0.681. The number of hydrogen-bond donors (Lipinski definition) is 1. The molecule has 0 unspecified atom stereocenters. The smallest absolute Gasteiger partial charge is 0.0349 e. The maximum absolute atomic E-state index is 5.79. The Morgan fingerprint density at radius 3 is 1.92 bits per heavy atom. The van der Waals surface area contributed by atoms with Crippen LogP contribution in [0.15, 0.2) is 6.07 Å². The lowest BCUT2D eigenvalue weighted by atomic mass is 9.98. The topological polar surface area (TPSA) is 26.0 Å². The molecule has 0 aliphatic rings. The summed E-state index contributed by atoms with van der Waals surface area (Å²) in [5.41, 5.74) is 11.9. The van der Waals surface area contributed by atoms with E-state index in [9.17, 15) is 0 Å². The molecule has 0 bridgehead atoms. The van der Waals surface area contributed by atoms with Crippen LogP contribution < -0.4 is 5.73 Å². The van der Waals surface area contributed by atoms with Crippen LogP contribution in [0.4, 0.5) is 5.69 Å². The van der Waals surface area contributed by atoms with Crippen molar-refractivity contribution in [3.05, 3.63) is 28.3 Å². The van der Waals surface area contributed by atoms with E-state index in [2.05, 4.69) is 27.7 Å². The predicted octanol–water partition coefficient (Wildman–Crippen LogP) is 3.08. The first kappa shape index (κ1) is 11.5. The van der Waals surface area contributed by atoms with Crippen LogP contribution in [0.2, 0.25) is 0 Å². The normalized spacial score (nSPS) is 9.33. The van der Waals surface area contributed by atoms with Gasteiger partial charge in [-0.3, -0.25) is 0 Å². The molecule has 0 saturated carbocycles. The van der Waals surface area contributed by atoms with Crippen molar-refractivity contribution < 1.29 is 0 Å². The summed E-state index contributed by atoms with van der Waals surface area (Å²) in [5.74, 6) is 0. The molecule has 1 rings (SSSR count). The van der Waals surface area contributed by atoms with E-state index in [-0.39, 0.29) is 17.0 Å². The number of benzene rings is 1. The Kier molecular flexibility index (Phi) is 3.78. The third-order valence-corrected chi connectivity index (χ3v) is 2.52. The summed E-state index contributed by atoms with van der Waals surface area (Å²) in [5, 5.41) is 0. The van der Waals surface area contributed by atoms with Crippen molar-refractivity contribution in [3.8, 4) is 0 Å². The van der Waals surface area contributed by atoms with Crippen LogP contribution in [0.1, 0.15) is 22.3 Å². The molecule has 0 heterocycles. The zero-order chi connectivity index (χ0) is 8.59. The Balaban J connectivity index is 0.00000121. The van der Waals surface area contributed by atoms with E-state index in [0.717, 1.165) is 5.69 Å². The standard InChI is InChI=1S/C10H15N.BrH/c1-6-5-10(11)9(4)8(3)7(6)2;/h5H,11H2,1-4H3;1H. The van der Waals surface area contributed by atoms with Crippen LogP contribution in [0.25, 0.3) is 0 Å². The van der Waals surface area contributed by atoms with E-state index >= 15 is 0 Å². The summed E-state index contributed by atoms with van der Waals surface area (Å²) in [4.78, 5) is 0. The lowest BCUT2D eigenvalue weighted by Crippen LogP contribution is -1.96. The van der Waals surface area contributed by atoms with Crippen molar-refractivity contribution >= 4 is 22.7 Å². The molecule has 12 heavy (non-hydrogen) atoms. The fourth-order valence-electron chi connectivity index (χ4n) is 1.24. The Hall–Kier alpha value is -0.500. The molecule has 0 aliphatic heterocycles. The molecule has 0 aliphatic carbocycles. The molecular weight excluding hydrogens is 214 g/mol. The number of nitrogen functional groups attached to an aromatic ring is 1. The van der Waals surface area contributed by atoms with Gasteiger partial charge in [0.1, 0.15) is 0 Å². The molecule has 1 aromatic rings. The molecule has 0 aromatic heterocycles. The molecule has 0 atom stereocenters. The molecule has 0 radical (unpaired) electrons. The number of halogens is 1. The highest BCUT2D eigenvalue weighted by molar-refractivity contribution is 8.93. The van der Waals surface area contributed by atoms with Gasteiger partial charge in [-0.05, 0) is 56.0 Å². The minimum atomic E-state index is 0. The minimum absolute atomic E-state index is 0. The average Bonchev–Trinajstić information content (AvgIpc) is 1.97. The molecule has 2 N–H and O–H groups in total. The first-order valence-electron chi connectivity index (χ1n) is 3.87. The second kappa shape index (κ2) is 3.94. The van der Waals surface area contributed by atoms with Gasteiger partial charge in [-0.25, -0.2) is 0 Å². The largest absolute Gasteiger partial charge is 0.398 e. The van der Waals surface area contributed by atoms with E-state index in [1.807, 2.05) is 6.07 Å². The summed E-state index contributed by atoms with van der Waals surface area (Å²) in [7, 11) is 0. The van der Waals surface area contributed by atoms with Crippen LogP contribution in [-0.4, -0.2) is 0 Å². The first-order chi connectivity index (χ1) is 5.04. The van der Waals surface area contributed by atoms with Gasteiger partial charge in [0.25, 0.3) is 0 Å². The zero-order valence-electron chi connectivity index (χ0n) is 8.06. The molecule has 0 amide bonds. The zero-order valence-corrected chi connectivity index (χ0v) is 9.78. The summed E-state index contributed by atoms with van der Waals surface area (Å²) in [6, 6.07) is 2.04. The van der Waals surface area contributed by atoms with Crippen molar-refractivity contribution in [3.63, 3.8) is 0 Å². The van der Waals surface area contributed by atoms with Gasteiger partial charge in [0.15, 0.2) is 0 Å². The highest BCUT2D eigenvalue weighted by Crippen LogP contribution is 2.22. The van der Waals surface area contributed by atoms with E-state index in [1.54, 1.807) is 0 Å². The Morgan fingerprint density at radius 1 is 0.917 bits per heavy atom. The lowest BCUT2D eigenvalue weighted by molar-refractivity contribution is 1.22. The number of anilines is 1. The molecule has 1 nitrogen and oxygen atoms in total. The third-order valence-electron chi connectivity index (χ3n) is 2.52. The molecule has 0 spiro atoms. The van der Waals surface area contributed by atoms with Crippen LogP contribution in [0.3, 0.4) is 0 Å². The van der Waals surface area contributed by atoms with Gasteiger partial charge < -0.3 is 5.73 Å². The predicted molar refractivity (Wildman–Crippen MR) is 60.1 cm³/mol. The maximum atomic E-state index is 5.79. The number of nitrogens with two attached hydrogens (primary N) is 1. The van der Waals surface area contributed by atoms with Crippen molar-refractivity contribution in [2.45, 2.75) is 27.7 Å². The average molecular weight is 230 g/mol. The Labute approximate surface area is 84.7 Å². The molecule has 68 valence electrons. The number of aryl methyl sites for hydroxylation is 1. The summed E-state index contributed by atoms with van der Waals surface area (Å²) >= 11 is 0. The summed E-state index contributed by atoms with van der Waals surface area (Å²) in [6.45, 7) is 8.42. The minimum Gasteiger partial charge on any atom is -0.398 e. The van der Waals surface area contributed by atoms with Crippen molar-refractivity contribution in [1.82, 2.24) is 0 Å². The highest BCUT2D eigenvalue weighted by atomic mass is 79.9. The molecule has 0 saturated heterocycles. The van der Waals surface area contributed by atoms with E-state index in [1.165, 1.54) is 22.3 Å². The van der Waals surface area contributed by atoms with E-state index in [4.69, 9.17) is 5.73 Å². The molecule has 1 aromatic carbocycles. The number of hydrogen-bond acceptors (Lipinski definition) is 1. The van der Waals surface area contributed by atoms with Crippen molar-refractivity contribution in [2.24, 2.45) is 0 Å². The van der Waals surface area contributed by atoms with Gasteiger partial charge in [-0.2, -0.15) is 0 Å². The van der Waals surface area contributed by atoms with Gasteiger partial charge in [0, 0.05) is 5.69 Å². The van der Waals surface area contributed by atoms with Crippen molar-refractivity contribution in [1.29, 1.82) is 0 Å². The fraction of sp³-hybridized carbons (Fsp3) is 0.400. The third kappa shape index (κ3) is 1.81. The molecule has 0 fully saturated rings. The van der Waals surface area contributed by atoms with Crippen LogP contribution in [0, 0.1) is 27.7 Å². The van der Waals surface area contributed by atoms with Gasteiger partial charge in [0.05, 0.1) is 0 Å².